The number of rotatable bonds is 2. The van der Waals surface area contributed by atoms with Gasteiger partial charge in [0.05, 0.1) is 29.8 Å². The van der Waals surface area contributed by atoms with Crippen LogP contribution in [0.1, 0.15) is 43.7 Å². The number of hydrogen-bond donors (Lipinski definition) is 1. The molecule has 1 fully saturated rings. The fraction of sp³-hybridized carbons (Fsp3) is 0.455. The summed E-state index contributed by atoms with van der Waals surface area (Å²) in [5.74, 6) is -0.552. The Bertz CT molecular complexity index is 859. The Balaban J connectivity index is 2.18. The third kappa shape index (κ3) is 2.53. The minimum absolute atomic E-state index is 0.0516. The van der Waals surface area contributed by atoms with Crippen molar-refractivity contribution < 1.29 is 0 Å². The molecule has 26 heavy (non-hydrogen) atoms. The Morgan fingerprint density at radius 3 is 2.35 bits per heavy atom. The third-order valence-corrected chi connectivity index (χ3v) is 5.98. The number of benzene rings is 1. The molecular weight excluding hydrogens is 320 g/mol. The molecule has 2 aliphatic carbocycles. The monoisotopic (exact) mass is 342 g/mol. The van der Waals surface area contributed by atoms with Gasteiger partial charge in [-0.1, -0.05) is 44.2 Å². The van der Waals surface area contributed by atoms with Crippen LogP contribution in [0.15, 0.2) is 35.9 Å². The predicted octanol–water partition coefficient (Wildman–Crippen LogP) is 4.51. The van der Waals surface area contributed by atoms with Crippen LogP contribution in [0, 0.1) is 62.6 Å². The van der Waals surface area contributed by atoms with E-state index in [1.54, 1.807) is 0 Å². The Labute approximate surface area is 154 Å². The second-order valence-electron chi connectivity index (χ2n) is 7.46. The third-order valence-electron chi connectivity index (χ3n) is 5.98. The Kier molecular flexibility index (Phi) is 4.67. The topological polar surface area (TPSA) is 95.2 Å². The molecule has 1 saturated carbocycles. The maximum absolute atomic E-state index is 9.84. The molecule has 4 heteroatoms. The first-order valence-electron chi connectivity index (χ1n) is 9.12. The molecule has 130 valence electrons. The van der Waals surface area contributed by atoms with Gasteiger partial charge in [0.25, 0.3) is 0 Å². The SMILES string of the molecule is CCc1ccc([C@@H]2C(C#N)C(=N)C(C#N)(C#N)C3=CC[C@@H](C)C[C@@H]32)cc1. The summed E-state index contributed by atoms with van der Waals surface area (Å²) < 4.78 is 0. The van der Waals surface area contributed by atoms with E-state index in [-0.39, 0.29) is 17.5 Å². The smallest absolute Gasteiger partial charge is 0.203 e. The highest BCUT2D eigenvalue weighted by Crippen LogP contribution is 2.55. The van der Waals surface area contributed by atoms with Gasteiger partial charge in [0.2, 0.25) is 5.41 Å². The standard InChI is InChI=1S/C22H22N4/c1-3-15-5-7-16(8-6-15)20-17-10-14(2)4-9-19(17)22(12-24,13-25)21(26)18(20)11-23/h5-9,14,17-18,20,26H,3-4,10H2,1-2H3/t14-,17+,18?,20+/m1/s1. The Hall–Kier alpha value is -2.90. The lowest BCUT2D eigenvalue weighted by Gasteiger charge is -2.46. The first kappa shape index (κ1) is 17.9. The van der Waals surface area contributed by atoms with Crippen molar-refractivity contribution in [2.45, 2.75) is 39.0 Å². The lowest BCUT2D eigenvalue weighted by molar-refractivity contribution is 0.299. The number of nitrogens with zero attached hydrogens (tertiary/aromatic N) is 3. The second kappa shape index (κ2) is 6.78. The van der Waals surface area contributed by atoms with Crippen LogP contribution < -0.4 is 0 Å². The van der Waals surface area contributed by atoms with E-state index >= 15 is 0 Å². The molecule has 1 aromatic rings. The first-order chi connectivity index (χ1) is 12.5. The van der Waals surface area contributed by atoms with Crippen LogP contribution in [0.3, 0.4) is 0 Å². The van der Waals surface area contributed by atoms with E-state index in [1.165, 1.54) is 5.56 Å². The van der Waals surface area contributed by atoms with Gasteiger partial charge >= 0.3 is 0 Å². The van der Waals surface area contributed by atoms with Crippen molar-refractivity contribution in [3.05, 3.63) is 47.0 Å². The van der Waals surface area contributed by atoms with E-state index < -0.39 is 11.3 Å². The zero-order chi connectivity index (χ0) is 18.9. The molecule has 4 atom stereocenters. The molecule has 4 nitrogen and oxygen atoms in total. The molecule has 0 aliphatic heterocycles. The van der Waals surface area contributed by atoms with E-state index in [0.717, 1.165) is 30.4 Å². The lowest BCUT2D eigenvalue weighted by Crippen LogP contribution is -2.48. The number of fused-ring (bicyclic) bond motifs is 1. The van der Waals surface area contributed by atoms with Crippen LogP contribution >= 0.6 is 0 Å². The van der Waals surface area contributed by atoms with Crippen molar-refractivity contribution in [1.82, 2.24) is 0 Å². The minimum atomic E-state index is -1.59. The van der Waals surface area contributed by atoms with E-state index in [2.05, 4.69) is 44.2 Å². The molecule has 0 heterocycles. The summed E-state index contributed by atoms with van der Waals surface area (Å²) in [6.45, 7) is 4.26. The van der Waals surface area contributed by atoms with Gasteiger partial charge < -0.3 is 5.41 Å². The quantitative estimate of drug-likeness (QED) is 0.801. The molecule has 0 aromatic heterocycles. The minimum Gasteiger partial charge on any atom is -0.305 e. The zero-order valence-corrected chi connectivity index (χ0v) is 15.2. The van der Waals surface area contributed by atoms with Gasteiger partial charge in [-0.2, -0.15) is 15.8 Å². The van der Waals surface area contributed by atoms with Crippen molar-refractivity contribution >= 4 is 5.71 Å². The molecule has 0 amide bonds. The van der Waals surface area contributed by atoms with Gasteiger partial charge in [0.1, 0.15) is 0 Å². The highest BCUT2D eigenvalue weighted by Gasteiger charge is 2.56. The summed E-state index contributed by atoms with van der Waals surface area (Å²) in [6.07, 6.45) is 4.58. The molecule has 3 rings (SSSR count). The highest BCUT2D eigenvalue weighted by atomic mass is 14.6. The summed E-state index contributed by atoms with van der Waals surface area (Å²) in [6, 6.07) is 14.6. The lowest BCUT2D eigenvalue weighted by atomic mass is 9.53. The summed E-state index contributed by atoms with van der Waals surface area (Å²) in [5.41, 5.74) is 1.33. The average molecular weight is 342 g/mol. The maximum Gasteiger partial charge on any atom is 0.203 e. The molecule has 1 aromatic carbocycles. The number of allylic oxidation sites excluding steroid dienone is 2. The van der Waals surface area contributed by atoms with Crippen molar-refractivity contribution in [3.63, 3.8) is 0 Å². The molecular formula is C22H22N4. The van der Waals surface area contributed by atoms with Gasteiger partial charge in [-0.25, -0.2) is 0 Å². The van der Waals surface area contributed by atoms with Crippen molar-refractivity contribution in [1.29, 1.82) is 21.2 Å². The van der Waals surface area contributed by atoms with Gasteiger partial charge in [0, 0.05) is 5.92 Å². The summed E-state index contributed by atoms with van der Waals surface area (Å²) >= 11 is 0. The second-order valence-corrected chi connectivity index (χ2v) is 7.46. The van der Waals surface area contributed by atoms with Crippen molar-refractivity contribution in [2.24, 2.45) is 23.2 Å². The highest BCUT2D eigenvalue weighted by molar-refractivity contribution is 6.01. The first-order valence-corrected chi connectivity index (χ1v) is 9.12. The molecule has 0 bridgehead atoms. The molecule has 0 spiro atoms. The largest absolute Gasteiger partial charge is 0.305 e. The van der Waals surface area contributed by atoms with Gasteiger partial charge in [-0.15, -0.1) is 0 Å². The Morgan fingerprint density at radius 1 is 1.15 bits per heavy atom. The number of hydrogen-bond acceptors (Lipinski definition) is 4. The van der Waals surface area contributed by atoms with Gasteiger partial charge in [0.15, 0.2) is 0 Å². The van der Waals surface area contributed by atoms with Gasteiger partial charge in [-0.05, 0) is 47.8 Å². The average Bonchev–Trinajstić information content (AvgIpc) is 2.68. The normalized spacial score (nSPS) is 29.5. The summed E-state index contributed by atoms with van der Waals surface area (Å²) in [5, 5.41) is 38.0. The van der Waals surface area contributed by atoms with E-state index in [9.17, 15) is 15.8 Å². The van der Waals surface area contributed by atoms with Crippen LogP contribution in [-0.2, 0) is 6.42 Å². The van der Waals surface area contributed by atoms with Crippen LogP contribution in [-0.4, -0.2) is 5.71 Å². The fourth-order valence-electron chi connectivity index (χ4n) is 4.53. The number of nitrogens with one attached hydrogen (secondary N) is 1. The molecule has 2 aliphatic rings. The van der Waals surface area contributed by atoms with Crippen molar-refractivity contribution in [3.8, 4) is 18.2 Å². The summed E-state index contributed by atoms with van der Waals surface area (Å²) in [4.78, 5) is 0. The molecule has 1 N–H and O–H groups in total. The van der Waals surface area contributed by atoms with Crippen LogP contribution in [0.2, 0.25) is 0 Å². The maximum atomic E-state index is 9.84. The number of aryl methyl sites for hydroxylation is 1. The van der Waals surface area contributed by atoms with Gasteiger partial charge in [-0.3, -0.25) is 0 Å². The van der Waals surface area contributed by atoms with Crippen molar-refractivity contribution in [2.75, 3.05) is 0 Å². The zero-order valence-electron chi connectivity index (χ0n) is 15.2. The summed E-state index contributed by atoms with van der Waals surface area (Å²) in [7, 11) is 0. The van der Waals surface area contributed by atoms with E-state index in [0.29, 0.717) is 5.92 Å². The van der Waals surface area contributed by atoms with E-state index in [4.69, 9.17) is 5.41 Å². The number of nitriles is 3. The van der Waals surface area contributed by atoms with E-state index in [1.807, 2.05) is 18.2 Å². The molecule has 1 unspecified atom stereocenters. The predicted molar refractivity (Wildman–Crippen MR) is 99.0 cm³/mol. The van der Waals surface area contributed by atoms with Crippen LogP contribution in [0.5, 0.6) is 0 Å². The van der Waals surface area contributed by atoms with Crippen LogP contribution in [0.25, 0.3) is 0 Å². The Morgan fingerprint density at radius 2 is 1.81 bits per heavy atom. The molecule has 0 radical (unpaired) electrons. The fourth-order valence-corrected chi connectivity index (χ4v) is 4.53. The van der Waals surface area contributed by atoms with Crippen LogP contribution in [0.4, 0.5) is 0 Å². The molecule has 0 saturated heterocycles.